The summed E-state index contributed by atoms with van der Waals surface area (Å²) in [6, 6.07) is 9.90. The first-order valence-electron chi connectivity index (χ1n) is 9.42. The average molecular weight is 506 g/mol. The molecule has 4 rings (SSSR count). The fraction of sp³-hybridized carbons (Fsp3) is 0.182. The SMILES string of the molecule is CN=C(C=C(N)CO)c1ccc(Br)cc1-c1oc(C)nc1-c1ccc2c(c1)OC(F)(F)O2. The predicted octanol–water partition coefficient (Wildman–Crippen LogP) is 4.65. The van der Waals surface area contributed by atoms with E-state index in [-0.39, 0.29) is 23.8 Å². The number of benzene rings is 2. The largest absolute Gasteiger partial charge is 0.586 e. The summed E-state index contributed by atoms with van der Waals surface area (Å²) >= 11 is 3.47. The number of alkyl halides is 2. The minimum absolute atomic E-state index is 0.0614. The van der Waals surface area contributed by atoms with Crippen LogP contribution in [0.1, 0.15) is 11.5 Å². The number of hydrogen-bond acceptors (Lipinski definition) is 7. The molecule has 0 radical (unpaired) electrons. The molecule has 1 aromatic heterocycles. The number of nitrogens with zero attached hydrogens (tertiary/aromatic N) is 2. The van der Waals surface area contributed by atoms with E-state index in [2.05, 4.69) is 35.4 Å². The van der Waals surface area contributed by atoms with Crippen molar-refractivity contribution in [1.82, 2.24) is 4.98 Å². The molecule has 10 heteroatoms. The van der Waals surface area contributed by atoms with Gasteiger partial charge < -0.3 is 24.7 Å². The van der Waals surface area contributed by atoms with Crippen LogP contribution in [0.2, 0.25) is 0 Å². The van der Waals surface area contributed by atoms with Crippen molar-refractivity contribution in [3.63, 3.8) is 0 Å². The number of aryl methyl sites for hydroxylation is 1. The van der Waals surface area contributed by atoms with Crippen LogP contribution in [0, 0.1) is 6.92 Å². The van der Waals surface area contributed by atoms with Gasteiger partial charge in [0, 0.05) is 40.8 Å². The number of aromatic nitrogens is 1. The summed E-state index contributed by atoms with van der Waals surface area (Å²) in [5, 5.41) is 9.31. The van der Waals surface area contributed by atoms with Gasteiger partial charge in [0.15, 0.2) is 23.1 Å². The number of ether oxygens (including phenoxy) is 2. The van der Waals surface area contributed by atoms with Crippen molar-refractivity contribution in [1.29, 1.82) is 0 Å². The zero-order chi connectivity index (χ0) is 23.0. The molecular formula is C22H18BrF2N3O4. The topological polar surface area (TPSA) is 103 Å². The van der Waals surface area contributed by atoms with Gasteiger partial charge in [-0.25, -0.2) is 4.98 Å². The number of oxazole rings is 1. The third-order valence-electron chi connectivity index (χ3n) is 4.66. The van der Waals surface area contributed by atoms with E-state index in [9.17, 15) is 13.9 Å². The van der Waals surface area contributed by atoms with Crippen molar-refractivity contribution >= 4 is 21.6 Å². The molecular weight excluding hydrogens is 488 g/mol. The Balaban J connectivity index is 1.87. The van der Waals surface area contributed by atoms with E-state index in [1.54, 1.807) is 26.1 Å². The molecule has 3 aromatic rings. The van der Waals surface area contributed by atoms with Crippen LogP contribution in [0.3, 0.4) is 0 Å². The second-order valence-corrected chi connectivity index (χ2v) is 7.83. The van der Waals surface area contributed by atoms with Crippen LogP contribution in [0.15, 0.2) is 62.1 Å². The van der Waals surface area contributed by atoms with Crippen molar-refractivity contribution in [3.8, 4) is 34.1 Å². The highest BCUT2D eigenvalue weighted by Crippen LogP contribution is 2.44. The predicted molar refractivity (Wildman–Crippen MR) is 118 cm³/mol. The summed E-state index contributed by atoms with van der Waals surface area (Å²) in [5.74, 6) is 0.627. The molecule has 0 aliphatic carbocycles. The van der Waals surface area contributed by atoms with Gasteiger partial charge in [0.25, 0.3) is 0 Å². The summed E-state index contributed by atoms with van der Waals surface area (Å²) in [6.07, 6.45) is -2.15. The first kappa shape index (κ1) is 22.0. The smallest absolute Gasteiger partial charge is 0.440 e. The standard InChI is InChI=1S/C22H18BrF2N3O4/c1-11-28-20(12-3-6-18-19(7-12)32-22(24,25)31-18)21(30-11)16-8-13(23)4-5-15(16)17(27-2)9-14(26)10-29/h3-9,29H,10,26H2,1-2H3. The first-order valence-corrected chi connectivity index (χ1v) is 10.2. The molecule has 0 fully saturated rings. The number of aliphatic hydroxyl groups is 1. The second-order valence-electron chi connectivity index (χ2n) is 6.92. The lowest BCUT2D eigenvalue weighted by Gasteiger charge is -2.11. The Bertz CT molecular complexity index is 1250. The Hall–Kier alpha value is -3.24. The fourth-order valence-corrected chi connectivity index (χ4v) is 3.67. The third kappa shape index (κ3) is 4.23. The van der Waals surface area contributed by atoms with Gasteiger partial charge in [-0.2, -0.15) is 0 Å². The number of fused-ring (bicyclic) bond motifs is 1. The van der Waals surface area contributed by atoms with Crippen LogP contribution < -0.4 is 15.2 Å². The highest BCUT2D eigenvalue weighted by atomic mass is 79.9. The third-order valence-corrected chi connectivity index (χ3v) is 5.15. The quantitative estimate of drug-likeness (QED) is 0.489. The van der Waals surface area contributed by atoms with Gasteiger partial charge in [-0.15, -0.1) is 8.78 Å². The normalized spacial score (nSPS) is 15.3. The minimum Gasteiger partial charge on any atom is -0.440 e. The highest BCUT2D eigenvalue weighted by molar-refractivity contribution is 9.10. The van der Waals surface area contributed by atoms with Gasteiger partial charge in [0.05, 0.1) is 12.3 Å². The van der Waals surface area contributed by atoms with E-state index in [0.717, 1.165) is 4.47 Å². The summed E-state index contributed by atoms with van der Waals surface area (Å²) in [7, 11) is 1.60. The number of nitrogens with two attached hydrogens (primary N) is 1. The van der Waals surface area contributed by atoms with E-state index >= 15 is 0 Å². The Labute approximate surface area is 190 Å². The number of hydrogen-bond donors (Lipinski definition) is 2. The lowest BCUT2D eigenvalue weighted by atomic mass is 9.97. The lowest BCUT2D eigenvalue weighted by Crippen LogP contribution is -2.25. The van der Waals surface area contributed by atoms with Crippen molar-refractivity contribution in [2.45, 2.75) is 13.2 Å². The lowest BCUT2D eigenvalue weighted by molar-refractivity contribution is -0.286. The van der Waals surface area contributed by atoms with Crippen molar-refractivity contribution in [3.05, 3.63) is 64.1 Å². The van der Waals surface area contributed by atoms with E-state index < -0.39 is 6.29 Å². The molecule has 166 valence electrons. The maximum absolute atomic E-state index is 13.4. The van der Waals surface area contributed by atoms with E-state index in [0.29, 0.717) is 39.7 Å². The van der Waals surface area contributed by atoms with Crippen LogP contribution in [-0.2, 0) is 0 Å². The van der Waals surface area contributed by atoms with Crippen molar-refractivity contribution < 1.29 is 27.8 Å². The first-order chi connectivity index (χ1) is 15.2. The maximum atomic E-state index is 13.4. The van der Waals surface area contributed by atoms with E-state index in [4.69, 9.17) is 10.2 Å². The molecule has 0 saturated carbocycles. The van der Waals surface area contributed by atoms with Crippen LogP contribution in [0.5, 0.6) is 11.5 Å². The van der Waals surface area contributed by atoms with Crippen LogP contribution >= 0.6 is 15.9 Å². The van der Waals surface area contributed by atoms with Gasteiger partial charge in [-0.1, -0.05) is 22.0 Å². The van der Waals surface area contributed by atoms with Crippen LogP contribution in [0.4, 0.5) is 8.78 Å². The zero-order valence-electron chi connectivity index (χ0n) is 17.0. The molecule has 0 saturated heterocycles. The van der Waals surface area contributed by atoms with Crippen molar-refractivity contribution in [2.24, 2.45) is 10.7 Å². The Morgan fingerprint density at radius 2 is 1.97 bits per heavy atom. The number of aliphatic imine (C=N–C) groups is 1. The molecule has 1 aliphatic rings. The molecule has 3 N–H and O–H groups in total. The maximum Gasteiger partial charge on any atom is 0.586 e. The molecule has 2 heterocycles. The summed E-state index contributed by atoms with van der Waals surface area (Å²) in [4.78, 5) is 8.75. The summed E-state index contributed by atoms with van der Waals surface area (Å²) in [5.41, 5.74) is 8.81. The molecule has 0 unspecified atom stereocenters. The van der Waals surface area contributed by atoms with E-state index in [1.807, 2.05) is 18.2 Å². The molecule has 0 atom stereocenters. The van der Waals surface area contributed by atoms with Gasteiger partial charge in [-0.3, -0.25) is 4.99 Å². The second kappa shape index (κ2) is 8.36. The molecule has 7 nitrogen and oxygen atoms in total. The van der Waals surface area contributed by atoms with Gasteiger partial charge >= 0.3 is 6.29 Å². The van der Waals surface area contributed by atoms with Crippen LogP contribution in [-0.4, -0.2) is 35.8 Å². The summed E-state index contributed by atoms with van der Waals surface area (Å²) in [6.45, 7) is 1.36. The molecule has 0 spiro atoms. The van der Waals surface area contributed by atoms with Gasteiger partial charge in [0.2, 0.25) is 0 Å². The van der Waals surface area contributed by atoms with Crippen LogP contribution in [0.25, 0.3) is 22.6 Å². The number of aliphatic hydroxyl groups excluding tert-OH is 1. The van der Waals surface area contributed by atoms with Crippen molar-refractivity contribution in [2.75, 3.05) is 13.7 Å². The molecule has 0 amide bonds. The number of halogens is 3. The Morgan fingerprint density at radius 1 is 1.22 bits per heavy atom. The van der Waals surface area contributed by atoms with Gasteiger partial charge in [0.1, 0.15) is 5.69 Å². The molecule has 2 aromatic carbocycles. The van der Waals surface area contributed by atoms with Gasteiger partial charge in [-0.05, 0) is 36.4 Å². The Morgan fingerprint density at radius 3 is 2.69 bits per heavy atom. The molecule has 0 bridgehead atoms. The monoisotopic (exact) mass is 505 g/mol. The van der Waals surface area contributed by atoms with E-state index in [1.165, 1.54) is 12.1 Å². The fourth-order valence-electron chi connectivity index (χ4n) is 3.31. The Kier molecular flexibility index (Phi) is 5.74. The average Bonchev–Trinajstić information content (AvgIpc) is 3.29. The molecule has 32 heavy (non-hydrogen) atoms. The number of allylic oxidation sites excluding steroid dienone is 1. The summed E-state index contributed by atoms with van der Waals surface area (Å²) < 4.78 is 42.6. The highest BCUT2D eigenvalue weighted by Gasteiger charge is 2.43. The molecule has 1 aliphatic heterocycles. The zero-order valence-corrected chi connectivity index (χ0v) is 18.6. The minimum atomic E-state index is -3.72. The number of rotatable bonds is 5.